The highest BCUT2D eigenvalue weighted by molar-refractivity contribution is 6.46. The minimum absolute atomic E-state index is 0.0465. The quantitative estimate of drug-likeness (QED) is 0.235. The van der Waals surface area contributed by atoms with E-state index in [4.69, 9.17) is 5.11 Å². The van der Waals surface area contributed by atoms with Gasteiger partial charge < -0.3 is 15.1 Å². The van der Waals surface area contributed by atoms with Gasteiger partial charge in [0.05, 0.1) is 22.1 Å². The summed E-state index contributed by atoms with van der Waals surface area (Å²) in [5.41, 5.74) is -0.235. The number of likely N-dealkylation sites (tertiary alicyclic amines) is 1. The van der Waals surface area contributed by atoms with Gasteiger partial charge in [-0.25, -0.2) is 0 Å². The Hall–Kier alpha value is -4.01. The molecular formula is C21H18N2O7. The first-order chi connectivity index (χ1) is 14.3. The smallest absolute Gasteiger partial charge is 0.303 e. The predicted molar refractivity (Wildman–Crippen MR) is 105 cm³/mol. The average Bonchev–Trinajstić information content (AvgIpc) is 2.98. The van der Waals surface area contributed by atoms with E-state index >= 15 is 0 Å². The fourth-order valence-corrected chi connectivity index (χ4v) is 3.47. The largest absolute Gasteiger partial charge is 0.507 e. The third-order valence-electron chi connectivity index (χ3n) is 4.80. The third-order valence-corrected chi connectivity index (χ3v) is 4.80. The Morgan fingerprint density at radius 1 is 1.03 bits per heavy atom. The molecule has 30 heavy (non-hydrogen) atoms. The van der Waals surface area contributed by atoms with Crippen molar-refractivity contribution in [1.29, 1.82) is 0 Å². The first-order valence-electron chi connectivity index (χ1n) is 9.12. The molecule has 9 nitrogen and oxygen atoms in total. The van der Waals surface area contributed by atoms with E-state index in [2.05, 4.69) is 0 Å². The summed E-state index contributed by atoms with van der Waals surface area (Å²) in [6.45, 7) is -0.112. The number of carbonyl (C=O) groups is 3. The maximum Gasteiger partial charge on any atom is 0.303 e. The molecule has 0 aliphatic carbocycles. The average molecular weight is 410 g/mol. The molecule has 0 bridgehead atoms. The number of rotatable bonds is 7. The zero-order valence-corrected chi connectivity index (χ0v) is 15.7. The van der Waals surface area contributed by atoms with E-state index in [-0.39, 0.29) is 41.8 Å². The van der Waals surface area contributed by atoms with Crippen LogP contribution in [0.2, 0.25) is 0 Å². The number of carboxylic acids is 1. The Labute approximate surface area is 171 Å². The van der Waals surface area contributed by atoms with E-state index in [0.717, 1.165) is 4.90 Å². The van der Waals surface area contributed by atoms with Gasteiger partial charge in [-0.2, -0.15) is 0 Å². The number of aliphatic hydroxyl groups is 1. The molecule has 2 aromatic carbocycles. The Morgan fingerprint density at radius 3 is 2.30 bits per heavy atom. The van der Waals surface area contributed by atoms with E-state index in [1.165, 1.54) is 24.3 Å². The molecule has 0 spiro atoms. The van der Waals surface area contributed by atoms with Gasteiger partial charge in [-0.05, 0) is 12.5 Å². The molecule has 0 aromatic heterocycles. The summed E-state index contributed by atoms with van der Waals surface area (Å²) in [7, 11) is 0. The minimum atomic E-state index is -1.21. The highest BCUT2D eigenvalue weighted by Crippen LogP contribution is 2.42. The lowest BCUT2D eigenvalue weighted by molar-refractivity contribution is -0.385. The SMILES string of the molecule is O=C(O)CCCN1C(=O)C(=O)C(=C(O)c2ccccc2)[C@H]1c1ccccc1[N+](=O)[O-]. The molecule has 2 aromatic rings. The zero-order chi connectivity index (χ0) is 21.8. The van der Waals surface area contributed by atoms with E-state index in [0.29, 0.717) is 0 Å². The van der Waals surface area contributed by atoms with Gasteiger partial charge >= 0.3 is 5.97 Å². The van der Waals surface area contributed by atoms with E-state index in [1.54, 1.807) is 30.3 Å². The fourth-order valence-electron chi connectivity index (χ4n) is 3.47. The van der Waals surface area contributed by atoms with Crippen molar-refractivity contribution in [2.45, 2.75) is 18.9 Å². The lowest BCUT2D eigenvalue weighted by atomic mass is 9.94. The molecule has 1 fully saturated rings. The van der Waals surface area contributed by atoms with Crippen molar-refractivity contribution in [3.05, 3.63) is 81.4 Å². The Kier molecular flexibility index (Phi) is 5.91. The summed E-state index contributed by atoms with van der Waals surface area (Å²) >= 11 is 0. The van der Waals surface area contributed by atoms with Crippen LogP contribution in [0, 0.1) is 10.1 Å². The van der Waals surface area contributed by atoms with E-state index in [9.17, 15) is 29.6 Å². The number of carboxylic acid groups (broad SMARTS) is 1. The first-order valence-corrected chi connectivity index (χ1v) is 9.12. The molecule has 0 unspecified atom stereocenters. The minimum Gasteiger partial charge on any atom is -0.507 e. The van der Waals surface area contributed by atoms with Gasteiger partial charge in [0.1, 0.15) is 5.76 Å². The second-order valence-corrected chi connectivity index (χ2v) is 6.67. The number of carbonyl (C=O) groups excluding carboxylic acids is 2. The van der Waals surface area contributed by atoms with Crippen LogP contribution in [0.1, 0.15) is 30.0 Å². The number of hydrogen-bond donors (Lipinski definition) is 2. The number of benzene rings is 2. The molecule has 1 amide bonds. The first kappa shape index (κ1) is 20.7. The summed E-state index contributed by atoms with van der Waals surface area (Å²) < 4.78 is 0. The fraction of sp³-hybridized carbons (Fsp3) is 0.190. The molecule has 0 saturated carbocycles. The molecule has 1 aliphatic heterocycles. The molecule has 3 rings (SSSR count). The number of para-hydroxylation sites is 1. The second kappa shape index (κ2) is 8.56. The molecule has 9 heteroatoms. The highest BCUT2D eigenvalue weighted by Gasteiger charge is 2.47. The van der Waals surface area contributed by atoms with Crippen molar-refractivity contribution in [2.24, 2.45) is 0 Å². The molecule has 1 saturated heterocycles. The topological polar surface area (TPSA) is 138 Å². The summed E-state index contributed by atoms with van der Waals surface area (Å²) in [5.74, 6) is -3.44. The van der Waals surface area contributed by atoms with Crippen LogP contribution in [-0.4, -0.2) is 44.2 Å². The normalized spacial score (nSPS) is 17.9. The third kappa shape index (κ3) is 3.90. The molecule has 1 aliphatic rings. The lowest BCUT2D eigenvalue weighted by Gasteiger charge is -2.24. The maximum absolute atomic E-state index is 12.8. The number of Topliss-reactive ketones (excluding diaryl/α,β-unsaturated/α-hetero) is 1. The molecule has 0 radical (unpaired) electrons. The number of ketones is 1. The number of nitro benzene ring substituents is 1. The standard InChI is InChI=1S/C21H18N2O7/c24-16(25)11-6-12-22-18(14-9-4-5-10-15(14)23(29)30)17(20(27)21(22)28)19(26)13-7-2-1-3-8-13/h1-5,7-10,18,26H,6,11-12H2,(H,24,25)/t18-/m1/s1. The van der Waals surface area contributed by atoms with Crippen LogP contribution >= 0.6 is 0 Å². The van der Waals surface area contributed by atoms with Gasteiger partial charge in [-0.15, -0.1) is 0 Å². The zero-order valence-electron chi connectivity index (χ0n) is 15.7. The van der Waals surface area contributed by atoms with Crippen LogP contribution in [-0.2, 0) is 14.4 Å². The number of aliphatic carboxylic acids is 1. The number of nitrogens with zero attached hydrogens (tertiary/aromatic N) is 2. The van der Waals surface area contributed by atoms with Gasteiger partial charge in [0.25, 0.3) is 17.4 Å². The van der Waals surface area contributed by atoms with Crippen LogP contribution in [0.25, 0.3) is 5.76 Å². The number of nitro groups is 1. The summed E-state index contributed by atoms with van der Waals surface area (Å²) in [4.78, 5) is 48.4. The van der Waals surface area contributed by atoms with Crippen molar-refractivity contribution in [3.8, 4) is 0 Å². The van der Waals surface area contributed by atoms with Gasteiger partial charge in [-0.1, -0.05) is 42.5 Å². The summed E-state index contributed by atoms with van der Waals surface area (Å²) in [5, 5.41) is 31.3. The van der Waals surface area contributed by atoms with Crippen LogP contribution in [0.4, 0.5) is 5.69 Å². The molecule has 2 N–H and O–H groups in total. The van der Waals surface area contributed by atoms with Gasteiger partial charge in [0.15, 0.2) is 0 Å². The van der Waals surface area contributed by atoms with Crippen molar-refractivity contribution in [2.75, 3.05) is 6.54 Å². The summed E-state index contributed by atoms with van der Waals surface area (Å²) in [6, 6.07) is 12.5. The van der Waals surface area contributed by atoms with E-state index < -0.39 is 34.4 Å². The van der Waals surface area contributed by atoms with Crippen LogP contribution in [0.3, 0.4) is 0 Å². The maximum atomic E-state index is 12.8. The van der Waals surface area contributed by atoms with Crippen molar-refractivity contribution < 1.29 is 29.5 Å². The number of amides is 1. The van der Waals surface area contributed by atoms with Crippen LogP contribution in [0.15, 0.2) is 60.2 Å². The second-order valence-electron chi connectivity index (χ2n) is 6.67. The van der Waals surface area contributed by atoms with Crippen LogP contribution < -0.4 is 0 Å². The summed E-state index contributed by atoms with van der Waals surface area (Å²) in [6.07, 6.45) is -0.198. The predicted octanol–water partition coefficient (Wildman–Crippen LogP) is 2.88. The Bertz CT molecular complexity index is 1050. The molecule has 1 heterocycles. The monoisotopic (exact) mass is 410 g/mol. The molecule has 154 valence electrons. The number of aliphatic hydroxyl groups excluding tert-OH is 1. The van der Waals surface area contributed by atoms with Gasteiger partial charge in [0, 0.05) is 24.6 Å². The van der Waals surface area contributed by atoms with Gasteiger partial charge in [0.2, 0.25) is 0 Å². The molecular weight excluding hydrogens is 392 g/mol. The Balaban J connectivity index is 2.18. The Morgan fingerprint density at radius 2 is 1.67 bits per heavy atom. The van der Waals surface area contributed by atoms with Crippen molar-refractivity contribution >= 4 is 29.1 Å². The lowest BCUT2D eigenvalue weighted by Crippen LogP contribution is -2.31. The molecule has 1 atom stereocenters. The van der Waals surface area contributed by atoms with Crippen molar-refractivity contribution in [3.63, 3.8) is 0 Å². The van der Waals surface area contributed by atoms with Crippen LogP contribution in [0.5, 0.6) is 0 Å². The highest BCUT2D eigenvalue weighted by atomic mass is 16.6. The van der Waals surface area contributed by atoms with Gasteiger partial charge in [-0.3, -0.25) is 24.5 Å². The van der Waals surface area contributed by atoms with Crippen molar-refractivity contribution in [1.82, 2.24) is 4.90 Å². The number of hydrogen-bond acceptors (Lipinski definition) is 6. The van der Waals surface area contributed by atoms with E-state index in [1.807, 2.05) is 0 Å².